The van der Waals surface area contributed by atoms with Gasteiger partial charge in [-0.2, -0.15) is 4.98 Å². The molecule has 7 heteroatoms. The molecule has 0 spiro atoms. The van der Waals surface area contributed by atoms with Crippen LogP contribution in [0.5, 0.6) is 0 Å². The Labute approximate surface area is 132 Å². The Morgan fingerprint density at radius 1 is 1.26 bits per heavy atom. The maximum atomic E-state index is 13.8. The highest BCUT2D eigenvalue weighted by atomic mass is 19.1. The van der Waals surface area contributed by atoms with Gasteiger partial charge in [0.2, 0.25) is 5.95 Å². The van der Waals surface area contributed by atoms with E-state index in [2.05, 4.69) is 20.6 Å². The van der Waals surface area contributed by atoms with Gasteiger partial charge in [0.1, 0.15) is 17.5 Å². The molecule has 3 N–H and O–H groups in total. The summed E-state index contributed by atoms with van der Waals surface area (Å²) in [6.07, 6.45) is 2.11. The molecule has 1 aliphatic carbocycles. The minimum atomic E-state index is -0.559. The van der Waals surface area contributed by atoms with E-state index in [9.17, 15) is 8.78 Å². The summed E-state index contributed by atoms with van der Waals surface area (Å²) in [4.78, 5) is 8.69. The van der Waals surface area contributed by atoms with Crippen molar-refractivity contribution >= 4 is 17.5 Å². The van der Waals surface area contributed by atoms with E-state index in [1.54, 1.807) is 13.0 Å². The third-order valence-corrected chi connectivity index (χ3v) is 3.58. The highest BCUT2D eigenvalue weighted by Gasteiger charge is 2.26. The second-order valence-electron chi connectivity index (χ2n) is 5.75. The van der Waals surface area contributed by atoms with Gasteiger partial charge in [0, 0.05) is 24.1 Å². The number of aliphatic hydroxyl groups excluding tert-OH is 1. The molecule has 1 aliphatic rings. The van der Waals surface area contributed by atoms with Gasteiger partial charge in [-0.15, -0.1) is 0 Å². The van der Waals surface area contributed by atoms with Crippen molar-refractivity contribution in [2.24, 2.45) is 0 Å². The summed E-state index contributed by atoms with van der Waals surface area (Å²) in [5.74, 6) is 0.0315. The minimum Gasteiger partial charge on any atom is -0.394 e. The summed E-state index contributed by atoms with van der Waals surface area (Å²) in [5.41, 5.74) is 0.874. The molecule has 2 aromatic rings. The van der Waals surface area contributed by atoms with E-state index < -0.39 is 11.6 Å². The van der Waals surface area contributed by atoms with Gasteiger partial charge in [-0.3, -0.25) is 0 Å². The number of aromatic nitrogens is 2. The van der Waals surface area contributed by atoms with Crippen molar-refractivity contribution in [3.63, 3.8) is 0 Å². The largest absolute Gasteiger partial charge is 0.394 e. The number of nitrogens with zero attached hydrogens (tertiary/aromatic N) is 2. The molecule has 23 heavy (non-hydrogen) atoms. The lowest BCUT2D eigenvalue weighted by Gasteiger charge is -2.14. The summed E-state index contributed by atoms with van der Waals surface area (Å²) < 4.78 is 27.1. The predicted molar refractivity (Wildman–Crippen MR) is 83.8 cm³/mol. The highest BCUT2D eigenvalue weighted by molar-refractivity contribution is 5.58. The van der Waals surface area contributed by atoms with Crippen molar-refractivity contribution in [3.05, 3.63) is 41.6 Å². The molecule has 5 nitrogen and oxygen atoms in total. The number of hydrogen-bond acceptors (Lipinski definition) is 5. The maximum Gasteiger partial charge on any atom is 0.225 e. The lowest BCUT2D eigenvalue weighted by molar-refractivity contribution is 0.281. The van der Waals surface area contributed by atoms with Gasteiger partial charge >= 0.3 is 0 Å². The molecule has 0 saturated heterocycles. The number of hydrogen-bond donors (Lipinski definition) is 3. The van der Waals surface area contributed by atoms with Crippen LogP contribution in [-0.2, 0) is 0 Å². The first-order chi connectivity index (χ1) is 11.0. The van der Waals surface area contributed by atoms with Crippen LogP contribution in [0.3, 0.4) is 0 Å². The summed E-state index contributed by atoms with van der Waals surface area (Å²) in [6, 6.07) is 4.75. The Bertz CT molecular complexity index is 706. The van der Waals surface area contributed by atoms with Crippen molar-refractivity contribution < 1.29 is 13.9 Å². The molecule has 0 bridgehead atoms. The molecule has 0 aliphatic heterocycles. The molecule has 1 aromatic carbocycles. The molecule has 1 fully saturated rings. The number of anilines is 3. The first kappa shape index (κ1) is 15.6. The van der Waals surface area contributed by atoms with E-state index >= 15 is 0 Å². The first-order valence-electron chi connectivity index (χ1n) is 7.53. The third-order valence-electron chi connectivity index (χ3n) is 3.58. The fourth-order valence-corrected chi connectivity index (χ4v) is 2.18. The average Bonchev–Trinajstić information content (AvgIpc) is 3.35. The molecule has 0 unspecified atom stereocenters. The third kappa shape index (κ3) is 3.92. The molecule has 122 valence electrons. The number of rotatable bonds is 6. The standard InChI is InChI=1S/C16H18F2N4O/c1-9(8-23)19-16-21-13(10-2-3-10)7-15(22-16)20-14-6-11(17)4-5-12(14)18/h4-7,9-10,23H,2-3,8H2,1H3,(H2,19,20,21,22)/t9-/m0/s1. The van der Waals surface area contributed by atoms with E-state index in [-0.39, 0.29) is 18.3 Å². The zero-order valence-corrected chi connectivity index (χ0v) is 12.7. The number of aliphatic hydroxyl groups is 1. The zero-order valence-electron chi connectivity index (χ0n) is 12.7. The van der Waals surface area contributed by atoms with Crippen molar-refractivity contribution in [2.75, 3.05) is 17.2 Å². The van der Waals surface area contributed by atoms with E-state index in [0.717, 1.165) is 36.7 Å². The van der Waals surface area contributed by atoms with Crippen LogP contribution < -0.4 is 10.6 Å². The van der Waals surface area contributed by atoms with Crippen LogP contribution in [-0.4, -0.2) is 27.7 Å². The van der Waals surface area contributed by atoms with Crippen molar-refractivity contribution in [1.29, 1.82) is 0 Å². The van der Waals surface area contributed by atoms with Gasteiger partial charge in [0.25, 0.3) is 0 Å². The predicted octanol–water partition coefficient (Wildman–Crippen LogP) is 3.17. The molecule has 0 amide bonds. The summed E-state index contributed by atoms with van der Waals surface area (Å²) in [7, 11) is 0. The van der Waals surface area contributed by atoms with Crippen LogP contribution in [0.25, 0.3) is 0 Å². The van der Waals surface area contributed by atoms with E-state index in [1.807, 2.05) is 0 Å². The maximum absolute atomic E-state index is 13.8. The topological polar surface area (TPSA) is 70.1 Å². The first-order valence-corrected chi connectivity index (χ1v) is 7.53. The fourth-order valence-electron chi connectivity index (χ4n) is 2.18. The van der Waals surface area contributed by atoms with E-state index in [1.165, 1.54) is 0 Å². The van der Waals surface area contributed by atoms with Gasteiger partial charge in [0.15, 0.2) is 0 Å². The van der Waals surface area contributed by atoms with Crippen LogP contribution in [0.1, 0.15) is 31.4 Å². The fraction of sp³-hybridized carbons (Fsp3) is 0.375. The van der Waals surface area contributed by atoms with Crippen molar-refractivity contribution in [2.45, 2.75) is 31.7 Å². The van der Waals surface area contributed by atoms with Gasteiger partial charge < -0.3 is 15.7 Å². The molecule has 1 atom stereocenters. The van der Waals surface area contributed by atoms with Crippen molar-refractivity contribution in [1.82, 2.24) is 9.97 Å². The number of halogens is 2. The Morgan fingerprint density at radius 3 is 2.74 bits per heavy atom. The molecular weight excluding hydrogens is 302 g/mol. The Kier molecular flexibility index (Phi) is 4.38. The quantitative estimate of drug-likeness (QED) is 0.763. The summed E-state index contributed by atoms with van der Waals surface area (Å²) in [6.45, 7) is 1.74. The zero-order chi connectivity index (χ0) is 16.4. The molecule has 1 saturated carbocycles. The lowest BCUT2D eigenvalue weighted by Crippen LogP contribution is -2.21. The number of benzene rings is 1. The van der Waals surface area contributed by atoms with Crippen LogP contribution in [0.15, 0.2) is 24.3 Å². The average molecular weight is 320 g/mol. The second kappa shape index (κ2) is 6.45. The summed E-state index contributed by atoms with van der Waals surface area (Å²) in [5, 5.41) is 14.9. The van der Waals surface area contributed by atoms with Gasteiger partial charge in [-0.05, 0) is 31.9 Å². The minimum absolute atomic E-state index is 0.0200. The Morgan fingerprint density at radius 2 is 2.04 bits per heavy atom. The molecular formula is C16H18F2N4O. The van der Waals surface area contributed by atoms with Gasteiger partial charge in [-0.1, -0.05) is 0 Å². The Hall–Kier alpha value is -2.28. The van der Waals surface area contributed by atoms with Crippen LogP contribution >= 0.6 is 0 Å². The van der Waals surface area contributed by atoms with Gasteiger partial charge in [0.05, 0.1) is 18.0 Å². The molecule has 1 heterocycles. The molecule has 1 aromatic heterocycles. The van der Waals surface area contributed by atoms with Gasteiger partial charge in [-0.25, -0.2) is 13.8 Å². The van der Waals surface area contributed by atoms with Crippen LogP contribution in [0, 0.1) is 11.6 Å². The normalized spacial score (nSPS) is 15.3. The SMILES string of the molecule is C[C@@H](CO)Nc1nc(Nc2cc(F)ccc2F)cc(C2CC2)n1. The van der Waals surface area contributed by atoms with Crippen LogP contribution in [0.4, 0.5) is 26.2 Å². The monoisotopic (exact) mass is 320 g/mol. The molecule has 3 rings (SSSR count). The van der Waals surface area contributed by atoms with E-state index in [0.29, 0.717) is 17.7 Å². The smallest absolute Gasteiger partial charge is 0.225 e. The highest BCUT2D eigenvalue weighted by Crippen LogP contribution is 2.40. The van der Waals surface area contributed by atoms with Crippen LogP contribution in [0.2, 0.25) is 0 Å². The second-order valence-corrected chi connectivity index (χ2v) is 5.75. The lowest BCUT2D eigenvalue weighted by atomic mass is 10.2. The Balaban J connectivity index is 1.89. The van der Waals surface area contributed by atoms with E-state index in [4.69, 9.17) is 5.11 Å². The number of nitrogens with one attached hydrogen (secondary N) is 2. The summed E-state index contributed by atoms with van der Waals surface area (Å²) >= 11 is 0. The van der Waals surface area contributed by atoms with Crippen molar-refractivity contribution in [3.8, 4) is 0 Å². The molecule has 0 radical (unpaired) electrons.